The lowest BCUT2D eigenvalue weighted by Gasteiger charge is -2.29. The second-order valence-corrected chi connectivity index (χ2v) is 8.57. The molecule has 3 amide bonds. The van der Waals surface area contributed by atoms with E-state index in [2.05, 4.69) is 0 Å². The van der Waals surface area contributed by atoms with Crippen LogP contribution in [-0.2, 0) is 17.9 Å². The lowest BCUT2D eigenvalue weighted by molar-refractivity contribution is -0.123. The molecule has 3 aromatic rings. The van der Waals surface area contributed by atoms with Crippen LogP contribution >= 0.6 is 0 Å². The van der Waals surface area contributed by atoms with Crippen molar-refractivity contribution in [1.29, 1.82) is 0 Å². The second kappa shape index (κ2) is 10.5. The fourth-order valence-electron chi connectivity index (χ4n) is 4.29. The molecule has 180 valence electrons. The first kappa shape index (κ1) is 23.4. The van der Waals surface area contributed by atoms with E-state index in [4.69, 9.17) is 14.6 Å². The van der Waals surface area contributed by atoms with E-state index in [1.54, 1.807) is 34.1 Å². The molecule has 0 aliphatic carbocycles. The molecular formula is C25H30N4O5. The summed E-state index contributed by atoms with van der Waals surface area (Å²) in [6.45, 7) is 4.48. The van der Waals surface area contributed by atoms with Crippen molar-refractivity contribution in [1.82, 2.24) is 14.4 Å². The van der Waals surface area contributed by atoms with E-state index in [-0.39, 0.29) is 29.4 Å². The van der Waals surface area contributed by atoms with Crippen LogP contribution in [0.4, 0.5) is 0 Å². The molecule has 0 aromatic carbocycles. The number of aromatic nitrogens is 1. The summed E-state index contributed by atoms with van der Waals surface area (Å²) in [5.74, 6) is 0.439. The number of nitrogens with zero attached hydrogens (tertiary/aromatic N) is 3. The number of carbonyl (C=O) groups is 3. The summed E-state index contributed by atoms with van der Waals surface area (Å²) < 4.78 is 13.2. The van der Waals surface area contributed by atoms with Gasteiger partial charge in [0.1, 0.15) is 5.76 Å². The Morgan fingerprint density at radius 1 is 1.09 bits per heavy atom. The van der Waals surface area contributed by atoms with Crippen molar-refractivity contribution >= 4 is 17.7 Å². The van der Waals surface area contributed by atoms with Gasteiger partial charge in [-0.2, -0.15) is 0 Å². The third kappa shape index (κ3) is 5.24. The number of piperidine rings is 1. The first-order chi connectivity index (χ1) is 16.5. The van der Waals surface area contributed by atoms with Crippen molar-refractivity contribution in [3.05, 3.63) is 71.8 Å². The fraction of sp³-hybridized carbons (Fsp3) is 0.400. The number of carbonyl (C=O) groups excluding carboxylic acids is 3. The van der Waals surface area contributed by atoms with Gasteiger partial charge in [0.2, 0.25) is 5.91 Å². The summed E-state index contributed by atoms with van der Waals surface area (Å²) in [6.07, 6.45) is 5.40. The number of nitrogens with two attached hydrogens (primary N) is 1. The number of primary amides is 1. The van der Waals surface area contributed by atoms with Gasteiger partial charge in [0, 0.05) is 37.4 Å². The summed E-state index contributed by atoms with van der Waals surface area (Å²) >= 11 is 0. The third-order valence-electron chi connectivity index (χ3n) is 6.17. The lowest BCUT2D eigenvalue weighted by atomic mass is 9.96. The molecule has 0 atom stereocenters. The van der Waals surface area contributed by atoms with Crippen LogP contribution in [-0.4, -0.2) is 51.7 Å². The molecule has 3 aromatic heterocycles. The van der Waals surface area contributed by atoms with Gasteiger partial charge in [-0.3, -0.25) is 14.4 Å². The maximum atomic E-state index is 12.8. The first-order valence-electron chi connectivity index (χ1n) is 11.6. The van der Waals surface area contributed by atoms with Crippen LogP contribution in [0.25, 0.3) is 0 Å². The van der Waals surface area contributed by atoms with E-state index in [1.807, 2.05) is 29.8 Å². The quantitative estimate of drug-likeness (QED) is 0.520. The summed E-state index contributed by atoms with van der Waals surface area (Å²) in [7, 11) is 0. The fourth-order valence-corrected chi connectivity index (χ4v) is 4.29. The minimum atomic E-state index is -0.307. The molecule has 9 heteroatoms. The molecule has 0 saturated carbocycles. The number of hydrogen-bond acceptors (Lipinski definition) is 5. The first-order valence-corrected chi connectivity index (χ1v) is 11.6. The molecule has 2 N–H and O–H groups in total. The zero-order valence-corrected chi connectivity index (χ0v) is 19.3. The highest BCUT2D eigenvalue weighted by Crippen LogP contribution is 2.21. The Labute approximate surface area is 198 Å². The zero-order valence-electron chi connectivity index (χ0n) is 19.3. The van der Waals surface area contributed by atoms with Crippen LogP contribution in [0.3, 0.4) is 0 Å². The average Bonchev–Trinajstić information content (AvgIpc) is 3.61. The molecule has 9 nitrogen and oxygen atoms in total. The largest absolute Gasteiger partial charge is 0.459 e. The average molecular weight is 467 g/mol. The monoisotopic (exact) mass is 466 g/mol. The van der Waals surface area contributed by atoms with Crippen LogP contribution in [0.2, 0.25) is 0 Å². The Morgan fingerprint density at radius 2 is 1.88 bits per heavy atom. The molecule has 0 spiro atoms. The maximum Gasteiger partial charge on any atom is 0.289 e. The maximum absolute atomic E-state index is 12.8. The van der Waals surface area contributed by atoms with Crippen molar-refractivity contribution in [3.8, 4) is 0 Å². The van der Waals surface area contributed by atoms with Crippen LogP contribution in [0.15, 0.2) is 57.7 Å². The summed E-state index contributed by atoms with van der Waals surface area (Å²) in [5.41, 5.74) is 6.33. The molecule has 34 heavy (non-hydrogen) atoms. The highest BCUT2D eigenvalue weighted by molar-refractivity contribution is 5.92. The minimum absolute atomic E-state index is 0.148. The molecule has 1 fully saturated rings. The van der Waals surface area contributed by atoms with E-state index in [9.17, 15) is 14.4 Å². The van der Waals surface area contributed by atoms with Gasteiger partial charge in [0.15, 0.2) is 11.5 Å². The lowest BCUT2D eigenvalue weighted by Crippen LogP contribution is -2.41. The van der Waals surface area contributed by atoms with Crippen LogP contribution < -0.4 is 5.73 Å². The number of amides is 3. The zero-order chi connectivity index (χ0) is 24.1. The van der Waals surface area contributed by atoms with Crippen molar-refractivity contribution in [2.24, 2.45) is 11.7 Å². The van der Waals surface area contributed by atoms with Crippen LogP contribution in [0.1, 0.15) is 58.7 Å². The number of likely N-dealkylation sites (tertiary alicyclic amines) is 1. The third-order valence-corrected chi connectivity index (χ3v) is 6.17. The number of hydrogen-bond donors (Lipinski definition) is 1. The predicted octanol–water partition coefficient (Wildman–Crippen LogP) is 3.11. The van der Waals surface area contributed by atoms with Gasteiger partial charge < -0.3 is 28.9 Å². The van der Waals surface area contributed by atoms with Crippen molar-refractivity contribution in [2.45, 2.75) is 39.3 Å². The Bertz CT molecular complexity index is 1120. The Kier molecular flexibility index (Phi) is 7.20. The van der Waals surface area contributed by atoms with Gasteiger partial charge in [0.05, 0.1) is 19.4 Å². The van der Waals surface area contributed by atoms with Crippen molar-refractivity contribution < 1.29 is 23.2 Å². The van der Waals surface area contributed by atoms with E-state index in [0.717, 1.165) is 12.1 Å². The van der Waals surface area contributed by atoms with Crippen molar-refractivity contribution in [3.63, 3.8) is 0 Å². The van der Waals surface area contributed by atoms with E-state index >= 15 is 0 Å². The highest BCUT2D eigenvalue weighted by atomic mass is 16.4. The molecule has 0 unspecified atom stereocenters. The standard InChI is InChI=1S/C25H30N4O5/c1-2-11-29(24(31)21-6-4-15-33-21)16-19-5-3-12-28(19)17-20-7-8-22(34-20)25(32)27-13-9-18(10-14-27)23(26)30/h3-8,12,15,18H,2,9-11,13-14,16-17H2,1H3,(H2,26,30). The molecule has 1 aliphatic heterocycles. The van der Waals surface area contributed by atoms with Gasteiger partial charge in [-0.25, -0.2) is 0 Å². The summed E-state index contributed by atoms with van der Waals surface area (Å²) in [6, 6.07) is 10.7. The van der Waals surface area contributed by atoms with Gasteiger partial charge in [-0.05, 0) is 55.7 Å². The van der Waals surface area contributed by atoms with Crippen molar-refractivity contribution in [2.75, 3.05) is 19.6 Å². The van der Waals surface area contributed by atoms with E-state index < -0.39 is 0 Å². The number of furan rings is 2. The topological polar surface area (TPSA) is 115 Å². The number of rotatable bonds is 9. The van der Waals surface area contributed by atoms with Crippen LogP contribution in [0, 0.1) is 5.92 Å². The predicted molar refractivity (Wildman–Crippen MR) is 124 cm³/mol. The Morgan fingerprint density at radius 3 is 2.56 bits per heavy atom. The van der Waals surface area contributed by atoms with Gasteiger partial charge >= 0.3 is 0 Å². The SMILES string of the molecule is CCCN(Cc1cccn1Cc1ccc(C(=O)N2CCC(C(N)=O)CC2)o1)C(=O)c1ccco1. The van der Waals surface area contributed by atoms with E-state index in [0.29, 0.717) is 57.1 Å². The molecule has 4 rings (SSSR count). The Hall–Kier alpha value is -3.75. The Balaban J connectivity index is 1.40. The van der Waals surface area contributed by atoms with Gasteiger partial charge in [0.25, 0.3) is 11.8 Å². The molecule has 1 aliphatic rings. The molecule has 4 heterocycles. The van der Waals surface area contributed by atoms with Crippen LogP contribution in [0.5, 0.6) is 0 Å². The summed E-state index contributed by atoms with van der Waals surface area (Å²) in [4.78, 5) is 40.5. The molecule has 0 radical (unpaired) electrons. The normalized spacial score (nSPS) is 14.3. The minimum Gasteiger partial charge on any atom is -0.459 e. The smallest absolute Gasteiger partial charge is 0.289 e. The van der Waals surface area contributed by atoms with Gasteiger partial charge in [-0.1, -0.05) is 6.92 Å². The van der Waals surface area contributed by atoms with Gasteiger partial charge in [-0.15, -0.1) is 0 Å². The second-order valence-electron chi connectivity index (χ2n) is 8.57. The highest BCUT2D eigenvalue weighted by Gasteiger charge is 2.28. The molecule has 1 saturated heterocycles. The summed E-state index contributed by atoms with van der Waals surface area (Å²) in [5, 5.41) is 0. The molecule has 0 bridgehead atoms. The molecular weight excluding hydrogens is 436 g/mol. The van der Waals surface area contributed by atoms with E-state index in [1.165, 1.54) is 6.26 Å².